The van der Waals surface area contributed by atoms with Gasteiger partial charge in [0.1, 0.15) is 0 Å². The third-order valence-electron chi connectivity index (χ3n) is 5.35. The van der Waals surface area contributed by atoms with E-state index in [-0.39, 0.29) is 17.2 Å². The fourth-order valence-electron chi connectivity index (χ4n) is 2.58. The summed E-state index contributed by atoms with van der Waals surface area (Å²) in [5.41, 5.74) is 2.52. The van der Waals surface area contributed by atoms with Crippen LogP contribution in [0.15, 0.2) is 59.1 Å². The minimum Gasteiger partial charge on any atom is -0.408 e. The summed E-state index contributed by atoms with van der Waals surface area (Å²) in [6.07, 6.45) is 0.0486. The van der Waals surface area contributed by atoms with Crippen molar-refractivity contribution < 1.29 is 4.43 Å². The molecule has 0 fully saturated rings. The summed E-state index contributed by atoms with van der Waals surface area (Å²) in [6.45, 7) is 14.6. The van der Waals surface area contributed by atoms with Crippen LogP contribution in [-0.2, 0) is 11.0 Å². The van der Waals surface area contributed by atoms with Crippen LogP contribution in [-0.4, -0.2) is 14.4 Å². The van der Waals surface area contributed by atoms with Crippen molar-refractivity contribution >= 4 is 24.2 Å². The molecule has 0 aliphatic rings. The lowest BCUT2D eigenvalue weighted by molar-refractivity contribution is 0.143. The highest BCUT2D eigenvalue weighted by Crippen LogP contribution is 2.40. The van der Waals surface area contributed by atoms with E-state index in [0.717, 1.165) is 11.0 Å². The van der Waals surface area contributed by atoms with Gasteiger partial charge in [-0.05, 0) is 48.3 Å². The summed E-state index contributed by atoms with van der Waals surface area (Å²) in [5, 5.41) is 3.86. The lowest BCUT2D eigenvalue weighted by Gasteiger charge is -2.41. The molecule has 0 heterocycles. The van der Waals surface area contributed by atoms with Crippen LogP contribution in [0.5, 0.6) is 0 Å². The van der Waals surface area contributed by atoms with Crippen molar-refractivity contribution in [2.45, 2.75) is 64.5 Å². The molecule has 4 heteroatoms. The summed E-state index contributed by atoms with van der Waals surface area (Å²) in [6, 6.07) is 19.3. The Morgan fingerprint density at radius 1 is 1.00 bits per heavy atom. The van der Waals surface area contributed by atoms with Crippen LogP contribution in [0.1, 0.15) is 44.9 Å². The van der Waals surface area contributed by atoms with Gasteiger partial charge in [-0.15, -0.1) is 0 Å². The number of nitrogens with one attached hydrogen (secondary N) is 1. The van der Waals surface area contributed by atoms with Gasteiger partial charge >= 0.3 is 0 Å². The Kier molecular flexibility index (Phi) is 7.25. The SMILES string of the molecule is C[C@@H](NCc1ccc(Br)cc1)[C@@H](O[Si](C)(C)C(C)(C)C)c1ccccc1. The molecular formula is C22H32BrNOSi. The zero-order valence-corrected chi connectivity index (χ0v) is 19.4. The van der Waals surface area contributed by atoms with Gasteiger partial charge in [0.2, 0.25) is 0 Å². The number of halogens is 1. The first kappa shape index (κ1) is 21.4. The normalized spacial score (nSPS) is 14.9. The van der Waals surface area contributed by atoms with E-state index in [0.29, 0.717) is 0 Å². The van der Waals surface area contributed by atoms with Gasteiger partial charge < -0.3 is 9.74 Å². The Bertz CT molecular complexity index is 680. The average molecular weight is 434 g/mol. The number of hydrogen-bond donors (Lipinski definition) is 1. The molecule has 0 saturated heterocycles. The highest BCUT2D eigenvalue weighted by molar-refractivity contribution is 9.10. The van der Waals surface area contributed by atoms with E-state index >= 15 is 0 Å². The van der Waals surface area contributed by atoms with Gasteiger partial charge in [-0.2, -0.15) is 0 Å². The molecule has 2 aromatic rings. The van der Waals surface area contributed by atoms with Crippen molar-refractivity contribution in [3.05, 3.63) is 70.2 Å². The maximum absolute atomic E-state index is 6.83. The second-order valence-electron chi connectivity index (χ2n) is 8.51. The van der Waals surface area contributed by atoms with E-state index in [2.05, 4.69) is 117 Å². The lowest BCUT2D eigenvalue weighted by Crippen LogP contribution is -2.45. The molecular weight excluding hydrogens is 402 g/mol. The molecule has 2 aromatic carbocycles. The van der Waals surface area contributed by atoms with E-state index in [1.807, 2.05) is 0 Å². The van der Waals surface area contributed by atoms with Crippen molar-refractivity contribution in [2.24, 2.45) is 0 Å². The van der Waals surface area contributed by atoms with Crippen molar-refractivity contribution in [1.82, 2.24) is 5.32 Å². The van der Waals surface area contributed by atoms with E-state index < -0.39 is 8.32 Å². The van der Waals surface area contributed by atoms with Gasteiger partial charge in [0.15, 0.2) is 8.32 Å². The molecule has 2 nitrogen and oxygen atoms in total. The molecule has 142 valence electrons. The summed E-state index contributed by atoms with van der Waals surface area (Å²) in [4.78, 5) is 0. The smallest absolute Gasteiger partial charge is 0.192 e. The molecule has 2 atom stereocenters. The minimum absolute atomic E-state index is 0.0486. The number of hydrogen-bond acceptors (Lipinski definition) is 2. The van der Waals surface area contributed by atoms with Gasteiger partial charge in [0.05, 0.1) is 6.10 Å². The Labute approximate surface area is 168 Å². The van der Waals surface area contributed by atoms with E-state index in [1.54, 1.807) is 0 Å². The Hall–Kier alpha value is -0.943. The minimum atomic E-state index is -1.88. The Morgan fingerprint density at radius 2 is 1.58 bits per heavy atom. The van der Waals surface area contributed by atoms with Gasteiger partial charge in [0.25, 0.3) is 0 Å². The fourth-order valence-corrected chi connectivity index (χ4v) is 4.18. The van der Waals surface area contributed by atoms with Crippen LogP contribution in [0.25, 0.3) is 0 Å². The molecule has 0 amide bonds. The van der Waals surface area contributed by atoms with Crippen molar-refractivity contribution in [3.63, 3.8) is 0 Å². The lowest BCUT2D eigenvalue weighted by atomic mass is 10.0. The molecule has 0 aromatic heterocycles. The second kappa shape index (κ2) is 8.83. The van der Waals surface area contributed by atoms with Crippen LogP contribution < -0.4 is 5.32 Å². The summed E-state index contributed by atoms with van der Waals surface area (Å²) in [5.74, 6) is 0. The average Bonchev–Trinajstić information content (AvgIpc) is 2.59. The quantitative estimate of drug-likeness (QED) is 0.490. The molecule has 0 radical (unpaired) electrons. The predicted octanol–water partition coefficient (Wildman–Crippen LogP) is 6.69. The van der Waals surface area contributed by atoms with E-state index in [1.165, 1.54) is 11.1 Å². The zero-order chi connectivity index (χ0) is 19.4. The van der Waals surface area contributed by atoms with Crippen LogP contribution in [0.3, 0.4) is 0 Å². The third kappa shape index (κ3) is 5.78. The fraction of sp³-hybridized carbons (Fsp3) is 0.455. The highest BCUT2D eigenvalue weighted by atomic mass is 79.9. The molecule has 0 aliphatic carbocycles. The zero-order valence-electron chi connectivity index (χ0n) is 16.8. The predicted molar refractivity (Wildman–Crippen MR) is 118 cm³/mol. The molecule has 26 heavy (non-hydrogen) atoms. The van der Waals surface area contributed by atoms with Crippen LogP contribution in [0.2, 0.25) is 18.1 Å². The van der Waals surface area contributed by atoms with Gasteiger partial charge in [-0.25, -0.2) is 0 Å². The molecule has 0 saturated carbocycles. The highest BCUT2D eigenvalue weighted by Gasteiger charge is 2.40. The topological polar surface area (TPSA) is 21.3 Å². The van der Waals surface area contributed by atoms with Crippen LogP contribution >= 0.6 is 15.9 Å². The second-order valence-corrected chi connectivity index (χ2v) is 14.2. The Balaban J connectivity index is 2.16. The standard InChI is InChI=1S/C22H32BrNOSi/c1-17(24-16-18-12-14-20(23)15-13-18)21(19-10-8-7-9-11-19)25-26(5,6)22(2,3)4/h7-15,17,21,24H,16H2,1-6H3/t17-,21-/m1/s1. The molecule has 0 spiro atoms. The van der Waals surface area contributed by atoms with Crippen LogP contribution in [0.4, 0.5) is 0 Å². The van der Waals surface area contributed by atoms with Gasteiger partial charge in [-0.3, -0.25) is 0 Å². The van der Waals surface area contributed by atoms with Crippen molar-refractivity contribution in [1.29, 1.82) is 0 Å². The summed E-state index contributed by atoms with van der Waals surface area (Å²) >= 11 is 3.50. The van der Waals surface area contributed by atoms with Crippen molar-refractivity contribution in [2.75, 3.05) is 0 Å². The first-order valence-corrected chi connectivity index (χ1v) is 13.0. The molecule has 0 aliphatic heterocycles. The molecule has 0 bridgehead atoms. The number of rotatable bonds is 7. The Morgan fingerprint density at radius 3 is 2.12 bits per heavy atom. The van der Waals surface area contributed by atoms with Gasteiger partial charge in [0, 0.05) is 17.1 Å². The van der Waals surface area contributed by atoms with Crippen molar-refractivity contribution in [3.8, 4) is 0 Å². The number of benzene rings is 2. The third-order valence-corrected chi connectivity index (χ3v) is 10.3. The van der Waals surface area contributed by atoms with E-state index in [4.69, 9.17) is 4.43 Å². The molecule has 2 rings (SSSR count). The molecule has 1 N–H and O–H groups in total. The largest absolute Gasteiger partial charge is 0.408 e. The van der Waals surface area contributed by atoms with Gasteiger partial charge in [-0.1, -0.05) is 79.2 Å². The summed E-state index contributed by atoms with van der Waals surface area (Å²) in [7, 11) is -1.88. The maximum Gasteiger partial charge on any atom is 0.192 e. The summed E-state index contributed by atoms with van der Waals surface area (Å²) < 4.78 is 7.94. The van der Waals surface area contributed by atoms with E-state index in [9.17, 15) is 0 Å². The first-order valence-electron chi connectivity index (χ1n) is 9.31. The molecule has 0 unspecified atom stereocenters. The maximum atomic E-state index is 6.83. The first-order chi connectivity index (χ1) is 12.1. The van der Waals surface area contributed by atoms with Crippen LogP contribution in [0, 0.1) is 0 Å². The monoisotopic (exact) mass is 433 g/mol.